The van der Waals surface area contributed by atoms with Crippen LogP contribution in [0.15, 0.2) is 0 Å². The Morgan fingerprint density at radius 1 is 0.434 bits per heavy atom. The molecule has 0 bridgehead atoms. The van der Waals surface area contributed by atoms with Gasteiger partial charge in [-0.1, -0.05) is 208 Å². The summed E-state index contributed by atoms with van der Waals surface area (Å²) < 4.78 is 12.2. The molecule has 1 unspecified atom stereocenters. The van der Waals surface area contributed by atoms with Crippen LogP contribution in [-0.2, 0) is 14.3 Å². The Bertz CT molecular complexity index is 694. The van der Waals surface area contributed by atoms with Crippen LogP contribution in [0, 0.1) is 11.8 Å². The molecule has 1 atom stereocenters. The van der Waals surface area contributed by atoms with Crippen LogP contribution in [-0.4, -0.2) is 50.3 Å². The normalized spacial score (nSPS) is 12.5. The molecule has 0 N–H and O–H groups in total. The second-order valence-electron chi connectivity index (χ2n) is 17.2. The first-order chi connectivity index (χ1) is 26.0. The van der Waals surface area contributed by atoms with Gasteiger partial charge in [-0.3, -0.25) is 4.79 Å². The highest BCUT2D eigenvalue weighted by Crippen LogP contribution is 2.25. The van der Waals surface area contributed by atoms with Crippen LogP contribution in [0.25, 0.3) is 0 Å². The van der Waals surface area contributed by atoms with E-state index < -0.39 is 0 Å². The smallest absolute Gasteiger partial charge is 0.306 e. The lowest BCUT2D eigenvalue weighted by molar-refractivity contribution is -0.145. The maximum absolute atomic E-state index is 12.5. The van der Waals surface area contributed by atoms with E-state index in [2.05, 4.69) is 46.6 Å². The summed E-state index contributed by atoms with van der Waals surface area (Å²) in [6.45, 7) is 15.3. The van der Waals surface area contributed by atoms with Crippen LogP contribution in [0.5, 0.6) is 0 Å². The molecule has 0 aliphatic heterocycles. The van der Waals surface area contributed by atoms with Crippen LogP contribution >= 0.6 is 0 Å². The summed E-state index contributed by atoms with van der Waals surface area (Å²) in [5.41, 5.74) is 0. The Morgan fingerprint density at radius 2 is 0.811 bits per heavy atom. The first-order valence-electron chi connectivity index (χ1n) is 24.5. The predicted molar refractivity (Wildman–Crippen MR) is 235 cm³/mol. The highest BCUT2D eigenvalue weighted by Gasteiger charge is 2.15. The number of esters is 1. The van der Waals surface area contributed by atoms with Gasteiger partial charge in [0, 0.05) is 13.0 Å². The van der Waals surface area contributed by atoms with E-state index in [-0.39, 0.29) is 5.97 Å². The van der Waals surface area contributed by atoms with Gasteiger partial charge >= 0.3 is 5.97 Å². The highest BCUT2D eigenvalue weighted by atomic mass is 16.5. The maximum atomic E-state index is 12.5. The minimum atomic E-state index is 0.0427. The van der Waals surface area contributed by atoms with Gasteiger partial charge in [-0.05, 0) is 76.9 Å². The fourth-order valence-corrected chi connectivity index (χ4v) is 8.07. The fraction of sp³-hybridized carbons (Fsp3) is 0.980. The van der Waals surface area contributed by atoms with E-state index in [0.29, 0.717) is 25.0 Å². The number of hydrogen-bond acceptors (Lipinski definition) is 4. The van der Waals surface area contributed by atoms with Gasteiger partial charge in [0.1, 0.15) is 0 Å². The van der Waals surface area contributed by atoms with E-state index in [1.165, 1.54) is 218 Å². The van der Waals surface area contributed by atoms with Gasteiger partial charge in [0.25, 0.3) is 0 Å². The number of unbranched alkanes of at least 4 members (excludes halogenated alkanes) is 20. The van der Waals surface area contributed by atoms with E-state index in [0.717, 1.165) is 25.5 Å². The molecular weight excluding hydrogens is 651 g/mol. The van der Waals surface area contributed by atoms with Crippen molar-refractivity contribution in [1.82, 2.24) is 4.90 Å². The number of ether oxygens (including phenoxy) is 2. The molecule has 0 fully saturated rings. The highest BCUT2D eigenvalue weighted by molar-refractivity contribution is 5.69. The first-order valence-corrected chi connectivity index (χ1v) is 24.5. The lowest BCUT2D eigenvalue weighted by Gasteiger charge is -2.19. The Morgan fingerprint density at radius 3 is 1.26 bits per heavy atom. The second kappa shape index (κ2) is 42.5. The molecule has 0 aliphatic rings. The zero-order valence-corrected chi connectivity index (χ0v) is 37.5. The zero-order chi connectivity index (χ0) is 38.9. The van der Waals surface area contributed by atoms with Gasteiger partial charge in [-0.2, -0.15) is 0 Å². The van der Waals surface area contributed by atoms with Gasteiger partial charge in [0.05, 0.1) is 12.7 Å². The van der Waals surface area contributed by atoms with E-state index in [9.17, 15) is 4.79 Å². The third kappa shape index (κ3) is 38.1. The van der Waals surface area contributed by atoms with E-state index in [4.69, 9.17) is 9.47 Å². The largest absolute Gasteiger partial charge is 0.466 e. The maximum Gasteiger partial charge on any atom is 0.306 e. The molecule has 0 saturated heterocycles. The third-order valence-corrected chi connectivity index (χ3v) is 12.0. The van der Waals surface area contributed by atoms with Crippen LogP contribution in [0.4, 0.5) is 0 Å². The minimum absolute atomic E-state index is 0.0427. The molecule has 0 amide bonds. The van der Waals surface area contributed by atoms with Crippen molar-refractivity contribution in [2.45, 2.75) is 265 Å². The van der Waals surface area contributed by atoms with Crippen LogP contribution in [0.3, 0.4) is 0 Å². The number of nitrogens with zero attached hydrogens (tertiary/aromatic N) is 1. The average Bonchev–Trinajstić information content (AvgIpc) is 3.15. The quantitative estimate of drug-likeness (QED) is 0.0459. The van der Waals surface area contributed by atoms with Gasteiger partial charge in [0.15, 0.2) is 0 Å². The Balaban J connectivity index is 4.23. The summed E-state index contributed by atoms with van der Waals surface area (Å²) in [6, 6.07) is 0. The molecule has 0 rings (SSSR count). The van der Waals surface area contributed by atoms with Crippen molar-refractivity contribution in [3.8, 4) is 0 Å². The number of hydrogen-bond donors (Lipinski definition) is 0. The van der Waals surface area contributed by atoms with E-state index in [1.54, 1.807) is 0 Å². The average molecular weight is 750 g/mol. The van der Waals surface area contributed by atoms with Crippen molar-refractivity contribution in [3.05, 3.63) is 0 Å². The van der Waals surface area contributed by atoms with Crippen molar-refractivity contribution in [2.24, 2.45) is 11.8 Å². The standard InChI is InChI=1S/C49H99NO3/c1-7-12-25-35-46(36-26-13-8-2)37-29-21-17-16-18-22-30-40-48(52-43-34-32-42-50(6)11-5)41-31-23-19-20-24-33-44-53-49(51)45-47(38-27-14-9-3)39-28-15-10-4/h46-48H,7-45H2,1-6H3. The summed E-state index contributed by atoms with van der Waals surface area (Å²) in [5.74, 6) is 1.56. The molecule has 0 spiro atoms. The Kier molecular flexibility index (Phi) is 42.0. The van der Waals surface area contributed by atoms with Crippen molar-refractivity contribution in [2.75, 3.05) is 33.4 Å². The third-order valence-electron chi connectivity index (χ3n) is 12.0. The summed E-state index contributed by atoms with van der Waals surface area (Å²) >= 11 is 0. The molecule has 4 nitrogen and oxygen atoms in total. The van der Waals surface area contributed by atoms with Crippen molar-refractivity contribution in [3.63, 3.8) is 0 Å². The summed E-state index contributed by atoms with van der Waals surface area (Å²) in [6.07, 6.45) is 46.0. The monoisotopic (exact) mass is 750 g/mol. The van der Waals surface area contributed by atoms with Crippen molar-refractivity contribution in [1.29, 1.82) is 0 Å². The summed E-state index contributed by atoms with van der Waals surface area (Å²) in [4.78, 5) is 14.9. The molecule has 0 radical (unpaired) electrons. The number of carbonyl (C=O) groups excluding carboxylic acids is 1. The SMILES string of the molecule is CCCCCC(CCCCC)CCCCCCCCCC(CCCCCCCCOC(=O)CC(CCCCC)CCCCC)OCCCCN(C)CC. The minimum Gasteiger partial charge on any atom is -0.466 e. The number of carbonyl (C=O) groups is 1. The molecule has 0 aromatic heterocycles. The van der Waals surface area contributed by atoms with Gasteiger partial charge in [0.2, 0.25) is 0 Å². The van der Waals surface area contributed by atoms with Crippen molar-refractivity contribution < 1.29 is 14.3 Å². The summed E-state index contributed by atoms with van der Waals surface area (Å²) in [5, 5.41) is 0. The van der Waals surface area contributed by atoms with Crippen LogP contribution < -0.4 is 0 Å². The molecule has 0 heterocycles. The topological polar surface area (TPSA) is 38.8 Å². The Hall–Kier alpha value is -0.610. The van der Waals surface area contributed by atoms with Crippen LogP contribution in [0.2, 0.25) is 0 Å². The molecule has 4 heteroatoms. The molecular formula is C49H99NO3. The second-order valence-corrected chi connectivity index (χ2v) is 17.2. The lowest BCUT2D eigenvalue weighted by Crippen LogP contribution is -2.20. The lowest BCUT2D eigenvalue weighted by atomic mass is 9.90. The molecule has 0 aromatic carbocycles. The first kappa shape index (κ1) is 52.4. The van der Waals surface area contributed by atoms with Gasteiger partial charge in [-0.25, -0.2) is 0 Å². The van der Waals surface area contributed by atoms with E-state index in [1.807, 2.05) is 0 Å². The van der Waals surface area contributed by atoms with Crippen LogP contribution in [0.1, 0.15) is 259 Å². The van der Waals surface area contributed by atoms with Gasteiger partial charge < -0.3 is 14.4 Å². The number of rotatable bonds is 44. The summed E-state index contributed by atoms with van der Waals surface area (Å²) in [7, 11) is 2.22. The molecule has 318 valence electrons. The molecule has 0 saturated carbocycles. The fourth-order valence-electron chi connectivity index (χ4n) is 8.07. The van der Waals surface area contributed by atoms with Crippen molar-refractivity contribution >= 4 is 5.97 Å². The predicted octanol–water partition coefficient (Wildman–Crippen LogP) is 15.8. The van der Waals surface area contributed by atoms with Gasteiger partial charge in [-0.15, -0.1) is 0 Å². The van der Waals surface area contributed by atoms with E-state index >= 15 is 0 Å². The molecule has 0 aliphatic carbocycles. The molecule has 53 heavy (non-hydrogen) atoms. The zero-order valence-electron chi connectivity index (χ0n) is 37.5. The molecule has 0 aromatic rings. The Labute approximate surface area is 334 Å².